The molecule has 0 fully saturated rings. The van der Waals surface area contributed by atoms with Gasteiger partial charge in [0.25, 0.3) is 0 Å². The number of rotatable bonds is 6. The molecule has 0 aliphatic carbocycles. The smallest absolute Gasteiger partial charge is 0.358 e. The topological polar surface area (TPSA) is 59.5 Å². The summed E-state index contributed by atoms with van der Waals surface area (Å²) in [5, 5.41) is 0.675. The van der Waals surface area contributed by atoms with Crippen molar-refractivity contribution in [3.63, 3.8) is 0 Å². The average Bonchev–Trinajstić information content (AvgIpc) is 2.80. The Labute approximate surface area is 111 Å². The van der Waals surface area contributed by atoms with Gasteiger partial charge in [0.2, 0.25) is 0 Å². The summed E-state index contributed by atoms with van der Waals surface area (Å²) < 4.78 is 4.64. The number of aromatic nitrogens is 1. The zero-order chi connectivity index (χ0) is 13.7. The summed E-state index contributed by atoms with van der Waals surface area (Å²) in [6, 6.07) is 0. The molecule has 0 unspecified atom stereocenters. The van der Waals surface area contributed by atoms with E-state index in [9.17, 15) is 9.59 Å². The van der Waals surface area contributed by atoms with Crippen molar-refractivity contribution in [1.82, 2.24) is 4.98 Å². The van der Waals surface area contributed by atoms with Crippen molar-refractivity contribution in [2.45, 2.75) is 26.7 Å². The van der Waals surface area contributed by atoms with E-state index in [4.69, 9.17) is 0 Å². The third kappa shape index (κ3) is 3.29. The van der Waals surface area contributed by atoms with Crippen LogP contribution < -0.4 is 4.90 Å². The summed E-state index contributed by atoms with van der Waals surface area (Å²) in [5.41, 5.74) is 0.119. The van der Waals surface area contributed by atoms with Crippen LogP contribution in [0.2, 0.25) is 0 Å². The molecule has 0 aromatic carbocycles. The van der Waals surface area contributed by atoms with Crippen LogP contribution in [0.5, 0.6) is 0 Å². The number of nitrogens with zero attached hydrogens (tertiary/aromatic N) is 2. The lowest BCUT2D eigenvalue weighted by Gasteiger charge is -2.14. The maximum atomic E-state index is 11.5. The molecule has 1 rings (SSSR count). The number of ether oxygens (including phenoxy) is 1. The van der Waals surface area contributed by atoms with E-state index >= 15 is 0 Å². The van der Waals surface area contributed by atoms with Crippen LogP contribution in [0.3, 0.4) is 0 Å². The van der Waals surface area contributed by atoms with Gasteiger partial charge in [0.15, 0.2) is 16.6 Å². The average molecular weight is 270 g/mol. The maximum Gasteiger partial charge on any atom is 0.358 e. The number of carbonyl (C=O) groups excluding carboxylic acids is 2. The first-order chi connectivity index (χ1) is 8.51. The van der Waals surface area contributed by atoms with Crippen molar-refractivity contribution < 1.29 is 14.3 Å². The van der Waals surface area contributed by atoms with E-state index in [-0.39, 0.29) is 11.5 Å². The maximum absolute atomic E-state index is 11.5. The fourth-order valence-corrected chi connectivity index (χ4v) is 2.37. The zero-order valence-corrected chi connectivity index (χ0v) is 12.0. The Balaban J connectivity index is 3.02. The molecular formula is C12H18N2O3S. The third-order valence-corrected chi connectivity index (χ3v) is 3.76. The molecular weight excluding hydrogens is 252 g/mol. The second-order valence-corrected chi connectivity index (χ2v) is 4.97. The van der Waals surface area contributed by atoms with E-state index in [0.29, 0.717) is 10.0 Å². The molecule has 1 aromatic heterocycles. The van der Waals surface area contributed by atoms with Gasteiger partial charge in [-0.15, -0.1) is 0 Å². The Morgan fingerprint density at radius 2 is 2.11 bits per heavy atom. The highest BCUT2D eigenvalue weighted by molar-refractivity contribution is 7.17. The summed E-state index contributed by atoms with van der Waals surface area (Å²) in [7, 11) is 3.19. The zero-order valence-electron chi connectivity index (χ0n) is 11.1. The molecule has 0 aliphatic heterocycles. The van der Waals surface area contributed by atoms with Gasteiger partial charge in [0.1, 0.15) is 4.88 Å². The highest BCUT2D eigenvalue weighted by atomic mass is 32.1. The molecule has 0 amide bonds. The van der Waals surface area contributed by atoms with E-state index in [1.54, 1.807) is 0 Å². The first-order valence-electron chi connectivity index (χ1n) is 5.82. The van der Waals surface area contributed by atoms with Crippen LogP contribution in [0.15, 0.2) is 0 Å². The summed E-state index contributed by atoms with van der Waals surface area (Å²) in [6.45, 7) is 4.38. The molecule has 18 heavy (non-hydrogen) atoms. The van der Waals surface area contributed by atoms with Crippen LogP contribution in [0.1, 0.15) is 46.8 Å². The number of hydrogen-bond donors (Lipinski definition) is 0. The van der Waals surface area contributed by atoms with Crippen molar-refractivity contribution in [1.29, 1.82) is 0 Å². The third-order valence-electron chi connectivity index (χ3n) is 2.49. The molecule has 0 saturated heterocycles. The van der Waals surface area contributed by atoms with Crippen LogP contribution >= 0.6 is 11.3 Å². The summed E-state index contributed by atoms with van der Waals surface area (Å²) in [6.07, 6.45) is 2.12. The summed E-state index contributed by atoms with van der Waals surface area (Å²) in [4.78, 5) is 29.5. The lowest BCUT2D eigenvalue weighted by molar-refractivity contribution is 0.0591. The fourth-order valence-electron chi connectivity index (χ4n) is 1.44. The fraction of sp³-hybridized carbons (Fsp3) is 0.583. The largest absolute Gasteiger partial charge is 0.464 e. The Hall–Kier alpha value is -1.43. The Morgan fingerprint density at radius 3 is 2.61 bits per heavy atom. The van der Waals surface area contributed by atoms with Crippen molar-refractivity contribution in [3.05, 3.63) is 10.6 Å². The predicted molar refractivity (Wildman–Crippen MR) is 71.6 cm³/mol. The lowest BCUT2D eigenvalue weighted by Crippen LogP contribution is -2.18. The molecule has 100 valence electrons. The van der Waals surface area contributed by atoms with Crippen molar-refractivity contribution in [3.8, 4) is 0 Å². The van der Waals surface area contributed by atoms with E-state index < -0.39 is 5.97 Å². The lowest BCUT2D eigenvalue weighted by atomic mass is 10.3. The summed E-state index contributed by atoms with van der Waals surface area (Å²) in [5.74, 6) is -0.727. The molecule has 0 spiro atoms. The van der Waals surface area contributed by atoms with E-state index in [0.717, 1.165) is 19.4 Å². The first-order valence-corrected chi connectivity index (χ1v) is 6.64. The molecule has 6 heteroatoms. The van der Waals surface area contributed by atoms with Crippen LogP contribution in [-0.4, -0.2) is 37.4 Å². The number of Topliss-reactive ketones (excluding diaryl/α,β-unsaturated/α-hetero) is 1. The number of unbranched alkanes of at least 4 members (excludes halogenated alkanes) is 1. The van der Waals surface area contributed by atoms with Gasteiger partial charge in [-0.25, -0.2) is 9.78 Å². The second kappa shape index (κ2) is 6.49. The normalized spacial score (nSPS) is 10.2. The van der Waals surface area contributed by atoms with Crippen LogP contribution in [0.4, 0.5) is 5.13 Å². The number of carbonyl (C=O) groups is 2. The van der Waals surface area contributed by atoms with Gasteiger partial charge >= 0.3 is 5.97 Å². The van der Waals surface area contributed by atoms with Gasteiger partial charge in [0, 0.05) is 20.5 Å². The number of ketones is 1. The minimum absolute atomic E-state index is 0.119. The molecule has 0 N–H and O–H groups in total. The molecule has 1 aromatic rings. The number of anilines is 1. The van der Waals surface area contributed by atoms with Gasteiger partial charge < -0.3 is 9.64 Å². The molecule has 0 bridgehead atoms. The van der Waals surface area contributed by atoms with Crippen molar-refractivity contribution in [2.24, 2.45) is 0 Å². The van der Waals surface area contributed by atoms with Gasteiger partial charge in [-0.2, -0.15) is 0 Å². The second-order valence-electron chi connectivity index (χ2n) is 4.00. The molecule has 0 saturated carbocycles. The Morgan fingerprint density at radius 1 is 1.44 bits per heavy atom. The number of esters is 1. The van der Waals surface area contributed by atoms with E-state index in [1.165, 1.54) is 25.4 Å². The van der Waals surface area contributed by atoms with Crippen LogP contribution in [0, 0.1) is 0 Å². The minimum Gasteiger partial charge on any atom is -0.464 e. The van der Waals surface area contributed by atoms with Crippen LogP contribution in [0.25, 0.3) is 0 Å². The highest BCUT2D eigenvalue weighted by Crippen LogP contribution is 2.26. The van der Waals surface area contributed by atoms with Gasteiger partial charge in [0.05, 0.1) is 7.11 Å². The quantitative estimate of drug-likeness (QED) is 0.586. The van der Waals surface area contributed by atoms with Crippen molar-refractivity contribution in [2.75, 3.05) is 25.6 Å². The molecule has 1 heterocycles. The Bertz CT molecular complexity index is 443. The molecule has 5 nitrogen and oxygen atoms in total. The molecule has 0 aliphatic rings. The van der Waals surface area contributed by atoms with Gasteiger partial charge in [-0.3, -0.25) is 4.79 Å². The van der Waals surface area contributed by atoms with Crippen molar-refractivity contribution >= 4 is 28.2 Å². The monoisotopic (exact) mass is 270 g/mol. The van der Waals surface area contributed by atoms with E-state index in [2.05, 4.69) is 16.6 Å². The standard InChI is InChI=1S/C12H18N2O3S/c1-5-6-7-14(3)12-13-9(11(16)17-4)10(18-12)8(2)15/h5-7H2,1-4H3. The molecule has 0 atom stereocenters. The first kappa shape index (κ1) is 14.6. The van der Waals surface area contributed by atoms with E-state index in [1.807, 2.05) is 11.9 Å². The number of methoxy groups -OCH3 is 1. The molecule has 0 radical (unpaired) electrons. The number of thiazole rings is 1. The SMILES string of the molecule is CCCCN(C)c1nc(C(=O)OC)c(C(C)=O)s1. The van der Waals surface area contributed by atoms with Crippen LogP contribution in [-0.2, 0) is 4.74 Å². The van der Waals surface area contributed by atoms with Gasteiger partial charge in [-0.05, 0) is 6.42 Å². The highest BCUT2D eigenvalue weighted by Gasteiger charge is 2.22. The number of hydrogen-bond acceptors (Lipinski definition) is 6. The predicted octanol–water partition coefficient (Wildman–Crippen LogP) is 2.37. The Kier molecular flexibility index (Phi) is 5.27. The summed E-state index contributed by atoms with van der Waals surface area (Å²) >= 11 is 1.23. The minimum atomic E-state index is -0.563. The van der Waals surface area contributed by atoms with Gasteiger partial charge in [-0.1, -0.05) is 24.7 Å².